The molecule has 65 valence electrons. The minimum atomic E-state index is 0.935. The van der Waals surface area contributed by atoms with E-state index in [1.54, 1.807) is 0 Å². The standard InChI is InChI=1S/C11H11N2/c1-2-4-10-8(3-1)9-5-6-12-7-11(9)13-10/h1-4,6,12-13H,5,7H2. The van der Waals surface area contributed by atoms with Gasteiger partial charge >= 0.3 is 0 Å². The fourth-order valence-electron chi connectivity index (χ4n) is 1.99. The monoisotopic (exact) mass is 171 g/mol. The van der Waals surface area contributed by atoms with Gasteiger partial charge in [-0.2, -0.15) is 0 Å². The number of fused-ring (bicyclic) bond motifs is 3. The number of hydrogen-bond donors (Lipinski definition) is 2. The molecule has 2 N–H and O–H groups in total. The van der Waals surface area contributed by atoms with Gasteiger partial charge in [-0.25, -0.2) is 0 Å². The summed E-state index contributed by atoms with van der Waals surface area (Å²) < 4.78 is 0. The van der Waals surface area contributed by atoms with E-state index in [0.29, 0.717) is 0 Å². The van der Waals surface area contributed by atoms with Crippen LogP contribution in [0, 0.1) is 6.54 Å². The van der Waals surface area contributed by atoms with E-state index in [4.69, 9.17) is 0 Å². The largest absolute Gasteiger partial charge is 0.357 e. The highest BCUT2D eigenvalue weighted by molar-refractivity contribution is 5.84. The van der Waals surface area contributed by atoms with Crippen molar-refractivity contribution in [2.24, 2.45) is 0 Å². The van der Waals surface area contributed by atoms with Gasteiger partial charge in [-0.05, 0) is 18.1 Å². The molecule has 1 aliphatic heterocycles. The molecule has 1 aromatic heterocycles. The lowest BCUT2D eigenvalue weighted by atomic mass is 10.1. The highest BCUT2D eigenvalue weighted by atomic mass is 14.9. The van der Waals surface area contributed by atoms with Crippen molar-refractivity contribution in [2.45, 2.75) is 13.0 Å². The van der Waals surface area contributed by atoms with Crippen LogP contribution in [0.2, 0.25) is 0 Å². The Labute approximate surface area is 77.0 Å². The summed E-state index contributed by atoms with van der Waals surface area (Å²) in [7, 11) is 0. The van der Waals surface area contributed by atoms with Crippen LogP contribution in [0.1, 0.15) is 11.3 Å². The predicted octanol–water partition coefficient (Wildman–Crippen LogP) is 1.98. The van der Waals surface area contributed by atoms with Crippen molar-refractivity contribution in [1.29, 1.82) is 0 Å². The van der Waals surface area contributed by atoms with E-state index in [9.17, 15) is 0 Å². The van der Waals surface area contributed by atoms with Crippen molar-refractivity contribution < 1.29 is 0 Å². The van der Waals surface area contributed by atoms with Crippen LogP contribution in [-0.2, 0) is 13.0 Å². The highest BCUT2D eigenvalue weighted by Gasteiger charge is 2.13. The molecule has 1 aliphatic rings. The van der Waals surface area contributed by atoms with Crippen LogP contribution in [0.3, 0.4) is 0 Å². The molecule has 2 heterocycles. The molecule has 1 radical (unpaired) electrons. The van der Waals surface area contributed by atoms with Crippen LogP contribution in [-0.4, -0.2) is 4.98 Å². The van der Waals surface area contributed by atoms with E-state index >= 15 is 0 Å². The second-order valence-electron chi connectivity index (χ2n) is 3.42. The molecule has 2 heteroatoms. The molecule has 0 fully saturated rings. The van der Waals surface area contributed by atoms with Gasteiger partial charge in [0.2, 0.25) is 0 Å². The van der Waals surface area contributed by atoms with Gasteiger partial charge in [0.1, 0.15) is 0 Å². The van der Waals surface area contributed by atoms with Crippen LogP contribution < -0.4 is 5.32 Å². The zero-order valence-electron chi connectivity index (χ0n) is 7.30. The Hall–Kier alpha value is -1.28. The zero-order chi connectivity index (χ0) is 8.67. The highest BCUT2D eigenvalue weighted by Crippen LogP contribution is 2.25. The van der Waals surface area contributed by atoms with E-state index in [1.165, 1.54) is 22.2 Å². The van der Waals surface area contributed by atoms with E-state index in [2.05, 4.69) is 41.1 Å². The molecule has 0 unspecified atom stereocenters. The van der Waals surface area contributed by atoms with Gasteiger partial charge in [0.25, 0.3) is 0 Å². The number of hydrogen-bond acceptors (Lipinski definition) is 1. The molecule has 13 heavy (non-hydrogen) atoms. The number of benzene rings is 1. The quantitative estimate of drug-likeness (QED) is 0.623. The minimum Gasteiger partial charge on any atom is -0.357 e. The molecule has 0 amide bonds. The molecule has 0 aliphatic carbocycles. The molecule has 2 nitrogen and oxygen atoms in total. The second kappa shape index (κ2) is 2.60. The summed E-state index contributed by atoms with van der Waals surface area (Å²) in [5, 5.41) is 4.62. The lowest BCUT2D eigenvalue weighted by Gasteiger charge is -2.11. The summed E-state index contributed by atoms with van der Waals surface area (Å²) in [6.45, 7) is 3.06. The zero-order valence-corrected chi connectivity index (χ0v) is 7.30. The lowest BCUT2D eigenvalue weighted by molar-refractivity contribution is 0.716. The molecular weight excluding hydrogens is 160 g/mol. The SMILES string of the molecule is [CH]1Cc2c([nH]c3ccccc23)CN1. The van der Waals surface area contributed by atoms with Gasteiger partial charge in [-0.15, -0.1) is 0 Å². The fraction of sp³-hybridized carbons (Fsp3) is 0.182. The predicted molar refractivity (Wildman–Crippen MR) is 53.1 cm³/mol. The normalized spacial score (nSPS) is 16.0. The molecule has 0 saturated heterocycles. The fourth-order valence-corrected chi connectivity index (χ4v) is 1.99. The maximum Gasteiger partial charge on any atom is 0.0459 e. The Balaban J connectivity index is 2.34. The van der Waals surface area contributed by atoms with Crippen molar-refractivity contribution in [3.8, 4) is 0 Å². The first-order valence-corrected chi connectivity index (χ1v) is 4.58. The second-order valence-corrected chi connectivity index (χ2v) is 3.42. The summed E-state index contributed by atoms with van der Waals surface area (Å²) >= 11 is 0. The van der Waals surface area contributed by atoms with Crippen LogP contribution in [0.4, 0.5) is 0 Å². The van der Waals surface area contributed by atoms with E-state index in [-0.39, 0.29) is 0 Å². The third kappa shape index (κ3) is 0.988. The summed E-state index contributed by atoms with van der Waals surface area (Å²) in [6, 6.07) is 8.48. The number of aromatic nitrogens is 1. The minimum absolute atomic E-state index is 0.935. The Morgan fingerprint density at radius 2 is 2.08 bits per heavy atom. The maximum atomic E-state index is 3.43. The van der Waals surface area contributed by atoms with Crippen molar-refractivity contribution in [3.63, 3.8) is 0 Å². The first-order chi connectivity index (χ1) is 6.45. The van der Waals surface area contributed by atoms with Crippen LogP contribution in [0.25, 0.3) is 10.9 Å². The molecule has 0 spiro atoms. The van der Waals surface area contributed by atoms with Crippen molar-refractivity contribution >= 4 is 10.9 Å². The molecule has 2 aromatic rings. The van der Waals surface area contributed by atoms with Crippen LogP contribution in [0.15, 0.2) is 24.3 Å². The molecule has 0 atom stereocenters. The summed E-state index contributed by atoms with van der Waals surface area (Å²) in [5.74, 6) is 0. The summed E-state index contributed by atoms with van der Waals surface area (Å²) in [4.78, 5) is 3.43. The third-order valence-corrected chi connectivity index (χ3v) is 2.63. The van der Waals surface area contributed by atoms with Gasteiger partial charge < -0.3 is 10.3 Å². The number of rotatable bonds is 0. The van der Waals surface area contributed by atoms with Gasteiger partial charge in [0.05, 0.1) is 0 Å². The Morgan fingerprint density at radius 1 is 1.15 bits per heavy atom. The Kier molecular flexibility index (Phi) is 1.43. The molecule has 0 bridgehead atoms. The van der Waals surface area contributed by atoms with E-state index in [0.717, 1.165) is 13.0 Å². The molecule has 1 aromatic carbocycles. The third-order valence-electron chi connectivity index (χ3n) is 2.63. The number of aromatic amines is 1. The van der Waals surface area contributed by atoms with Crippen LogP contribution in [0.5, 0.6) is 0 Å². The maximum absolute atomic E-state index is 3.43. The van der Waals surface area contributed by atoms with Crippen molar-refractivity contribution in [2.75, 3.05) is 0 Å². The lowest BCUT2D eigenvalue weighted by Crippen LogP contribution is -2.18. The molecular formula is C11H11N2. The van der Waals surface area contributed by atoms with Gasteiger partial charge in [-0.1, -0.05) is 18.2 Å². The van der Waals surface area contributed by atoms with E-state index < -0.39 is 0 Å². The Morgan fingerprint density at radius 3 is 3.08 bits per heavy atom. The average Bonchev–Trinajstić information content (AvgIpc) is 2.56. The number of para-hydroxylation sites is 1. The summed E-state index contributed by atoms with van der Waals surface area (Å²) in [6.07, 6.45) is 1.03. The smallest absolute Gasteiger partial charge is 0.0459 e. The van der Waals surface area contributed by atoms with Crippen LogP contribution >= 0.6 is 0 Å². The number of nitrogens with one attached hydrogen (secondary N) is 2. The Bertz CT molecular complexity index is 442. The van der Waals surface area contributed by atoms with Crippen molar-refractivity contribution in [1.82, 2.24) is 10.3 Å². The van der Waals surface area contributed by atoms with Gasteiger partial charge in [-0.3, -0.25) is 0 Å². The molecule has 0 saturated carbocycles. The average molecular weight is 171 g/mol. The van der Waals surface area contributed by atoms with Gasteiger partial charge in [0, 0.05) is 29.7 Å². The van der Waals surface area contributed by atoms with E-state index in [1.807, 2.05) is 0 Å². The first kappa shape index (κ1) is 7.15. The number of H-pyrrole nitrogens is 1. The summed E-state index contributed by atoms with van der Waals surface area (Å²) in [5.41, 5.74) is 4.04. The van der Waals surface area contributed by atoms with Gasteiger partial charge in [0.15, 0.2) is 0 Å². The van der Waals surface area contributed by atoms with Crippen molar-refractivity contribution in [3.05, 3.63) is 42.1 Å². The molecule has 3 rings (SSSR count). The topological polar surface area (TPSA) is 27.8 Å². The first-order valence-electron chi connectivity index (χ1n) is 4.58.